The first-order valence-corrected chi connectivity index (χ1v) is 38.4. The molecule has 522 valence electrons. The van der Waals surface area contributed by atoms with Gasteiger partial charge in [0.2, 0.25) is 5.91 Å². The highest BCUT2D eigenvalue weighted by molar-refractivity contribution is 5.76. The molecule has 6 N–H and O–H groups in total. The van der Waals surface area contributed by atoms with Crippen LogP contribution >= 0.6 is 0 Å². The molecule has 1 rings (SSSR count). The van der Waals surface area contributed by atoms with E-state index in [9.17, 15) is 35.1 Å². The van der Waals surface area contributed by atoms with Crippen LogP contribution in [-0.2, 0) is 23.8 Å². The monoisotopic (exact) mass is 1260 g/mol. The Labute approximate surface area is 548 Å². The summed E-state index contributed by atoms with van der Waals surface area (Å²) in [5.41, 5.74) is 0. The molecule has 1 aliphatic heterocycles. The average Bonchev–Trinajstić information content (AvgIpc) is 1.88. The molecule has 0 aromatic rings. The molecule has 0 aromatic carbocycles. The maximum Gasteiger partial charge on any atom is 0.305 e. The number of allylic oxidation sites excluding steroid dienone is 7. The molecule has 0 radical (unpaired) electrons. The smallest absolute Gasteiger partial charge is 0.305 e. The molecule has 1 fully saturated rings. The van der Waals surface area contributed by atoms with Gasteiger partial charge in [0.15, 0.2) is 6.29 Å². The average molecular weight is 1260 g/mol. The second-order valence-electron chi connectivity index (χ2n) is 26.7. The minimum atomic E-state index is -1.57. The van der Waals surface area contributed by atoms with Gasteiger partial charge in [0.05, 0.1) is 32.0 Å². The highest BCUT2D eigenvalue weighted by Crippen LogP contribution is 2.23. The van der Waals surface area contributed by atoms with E-state index in [1.54, 1.807) is 6.08 Å². The maximum absolute atomic E-state index is 13.0. The number of nitrogens with one attached hydrogen (secondary N) is 1. The molecule has 1 amide bonds. The van der Waals surface area contributed by atoms with E-state index < -0.39 is 49.5 Å². The Morgan fingerprint density at radius 2 is 0.753 bits per heavy atom. The second kappa shape index (κ2) is 67.1. The predicted octanol–water partition coefficient (Wildman–Crippen LogP) is 20.3. The van der Waals surface area contributed by atoms with E-state index in [1.165, 1.54) is 283 Å². The number of ether oxygens (including phenoxy) is 3. The van der Waals surface area contributed by atoms with Crippen molar-refractivity contribution in [2.75, 3.05) is 19.8 Å². The van der Waals surface area contributed by atoms with Gasteiger partial charge in [-0.25, -0.2) is 0 Å². The van der Waals surface area contributed by atoms with E-state index in [0.29, 0.717) is 19.4 Å². The van der Waals surface area contributed by atoms with Crippen LogP contribution in [0, 0.1) is 0 Å². The lowest BCUT2D eigenvalue weighted by Crippen LogP contribution is -2.60. The van der Waals surface area contributed by atoms with E-state index in [-0.39, 0.29) is 18.5 Å². The Bertz CT molecular complexity index is 1620. The van der Waals surface area contributed by atoms with Crippen molar-refractivity contribution >= 4 is 11.9 Å². The van der Waals surface area contributed by atoms with Crippen molar-refractivity contribution in [3.05, 3.63) is 48.6 Å². The molecular formula is C78H145NO10. The van der Waals surface area contributed by atoms with Gasteiger partial charge in [0.1, 0.15) is 24.4 Å². The zero-order valence-electron chi connectivity index (χ0n) is 58.2. The molecule has 7 unspecified atom stereocenters. The number of rotatable bonds is 68. The van der Waals surface area contributed by atoms with E-state index >= 15 is 0 Å². The van der Waals surface area contributed by atoms with Crippen molar-refractivity contribution in [1.29, 1.82) is 0 Å². The fourth-order valence-corrected chi connectivity index (χ4v) is 12.1. The third-order valence-corrected chi connectivity index (χ3v) is 18.2. The Hall–Kier alpha value is -2.38. The molecule has 0 spiro atoms. The standard InChI is InChI=1S/C78H145NO10/c1-3-5-7-9-11-13-15-16-17-18-37-40-43-46-50-54-58-62-66-74(83)87-67-63-59-55-51-47-44-41-38-35-33-31-29-27-25-23-21-19-20-22-24-26-28-30-32-34-36-39-42-45-49-53-57-61-65-73(82)79-70(69-88-78-77(86)76(85)75(84)72(68-80)89-78)71(81)64-60-56-52-48-14-12-10-8-6-4-2/h13,15,17-18,23,25,60,64,70-72,75-78,80-81,84-86H,3-12,14,16,19-22,24,26-59,61-63,65-69H2,1-2H3,(H,79,82)/b15-13-,18-17-,25-23-,64-60+. The normalized spacial score (nSPS) is 17.9. The summed E-state index contributed by atoms with van der Waals surface area (Å²) >= 11 is 0. The van der Waals surface area contributed by atoms with Gasteiger partial charge in [0, 0.05) is 12.8 Å². The van der Waals surface area contributed by atoms with Gasteiger partial charge in [-0.2, -0.15) is 0 Å². The predicted molar refractivity (Wildman–Crippen MR) is 375 cm³/mol. The number of hydrogen-bond acceptors (Lipinski definition) is 10. The van der Waals surface area contributed by atoms with Crippen LogP contribution < -0.4 is 5.32 Å². The molecule has 1 heterocycles. The SMILES string of the molecule is CCCCCC/C=C\C/C=C\CCCCCCCCCC(=O)OCCCCCCCCCCCCCC/C=C\CCCCCCCCCCCCCCCCCCCC(=O)NC(COC1OC(CO)C(O)C(O)C1O)C(O)/C=C/CCCCCCCCCC. The van der Waals surface area contributed by atoms with Gasteiger partial charge in [-0.05, 0) is 89.9 Å². The van der Waals surface area contributed by atoms with Crippen molar-refractivity contribution in [2.24, 2.45) is 0 Å². The molecular weight excluding hydrogens is 1110 g/mol. The first kappa shape index (κ1) is 84.6. The molecule has 1 aliphatic rings. The number of esters is 1. The number of aliphatic hydroxyl groups is 5. The zero-order valence-corrected chi connectivity index (χ0v) is 58.2. The van der Waals surface area contributed by atoms with Crippen molar-refractivity contribution in [2.45, 2.75) is 416 Å². The zero-order chi connectivity index (χ0) is 64.4. The molecule has 11 nitrogen and oxygen atoms in total. The maximum atomic E-state index is 13.0. The summed E-state index contributed by atoms with van der Waals surface area (Å²) in [7, 11) is 0. The van der Waals surface area contributed by atoms with Gasteiger partial charge in [-0.1, -0.05) is 319 Å². The third-order valence-electron chi connectivity index (χ3n) is 18.2. The Morgan fingerprint density at radius 3 is 1.16 bits per heavy atom. The third kappa shape index (κ3) is 55.8. The number of hydrogen-bond donors (Lipinski definition) is 6. The molecule has 0 bridgehead atoms. The van der Waals surface area contributed by atoms with Gasteiger partial charge < -0.3 is 45.1 Å². The number of unbranched alkanes of at least 4 members (excludes halogenated alkanes) is 48. The minimum absolute atomic E-state index is 0.00432. The number of aliphatic hydroxyl groups excluding tert-OH is 5. The summed E-state index contributed by atoms with van der Waals surface area (Å²) in [4.78, 5) is 25.2. The molecule has 0 saturated carbocycles. The quantitative estimate of drug-likeness (QED) is 0.0195. The van der Waals surface area contributed by atoms with Crippen molar-refractivity contribution in [1.82, 2.24) is 5.32 Å². The molecule has 0 aliphatic carbocycles. The molecule has 1 saturated heterocycles. The first-order valence-electron chi connectivity index (χ1n) is 38.4. The fraction of sp³-hybridized carbons (Fsp3) is 0.872. The lowest BCUT2D eigenvalue weighted by molar-refractivity contribution is -0.302. The van der Waals surface area contributed by atoms with Crippen molar-refractivity contribution in [3.63, 3.8) is 0 Å². The Balaban J connectivity index is 1.88. The van der Waals surface area contributed by atoms with Gasteiger partial charge >= 0.3 is 5.97 Å². The number of amides is 1. The van der Waals surface area contributed by atoms with E-state index in [1.807, 2.05) is 6.08 Å². The molecule has 0 aromatic heterocycles. The summed E-state index contributed by atoms with van der Waals surface area (Å²) in [5.74, 6) is -0.174. The van der Waals surface area contributed by atoms with Crippen LogP contribution in [0.25, 0.3) is 0 Å². The summed E-state index contributed by atoms with van der Waals surface area (Å²) in [6, 6.07) is -0.807. The van der Waals surface area contributed by atoms with Crippen LogP contribution in [-0.4, -0.2) is 100 Å². The van der Waals surface area contributed by atoms with E-state index in [0.717, 1.165) is 64.2 Å². The van der Waals surface area contributed by atoms with Gasteiger partial charge in [-0.3, -0.25) is 9.59 Å². The summed E-state index contributed by atoms with van der Waals surface area (Å²) < 4.78 is 16.7. The van der Waals surface area contributed by atoms with Crippen LogP contribution in [0.2, 0.25) is 0 Å². The highest BCUT2D eigenvalue weighted by Gasteiger charge is 2.44. The van der Waals surface area contributed by atoms with Crippen molar-refractivity contribution < 1.29 is 49.3 Å². The second-order valence-corrected chi connectivity index (χ2v) is 26.7. The molecule has 11 heteroatoms. The molecule has 7 atom stereocenters. The number of carbonyl (C=O) groups is 2. The van der Waals surface area contributed by atoms with Crippen molar-refractivity contribution in [3.8, 4) is 0 Å². The minimum Gasteiger partial charge on any atom is -0.466 e. The fourth-order valence-electron chi connectivity index (χ4n) is 12.1. The van der Waals surface area contributed by atoms with Crippen LogP contribution in [0.1, 0.15) is 373 Å². The lowest BCUT2D eigenvalue weighted by atomic mass is 9.99. The highest BCUT2D eigenvalue weighted by atomic mass is 16.7. The summed E-state index contributed by atoms with van der Waals surface area (Å²) in [6.45, 7) is 4.34. The van der Waals surface area contributed by atoms with Crippen LogP contribution in [0.15, 0.2) is 48.6 Å². The van der Waals surface area contributed by atoms with E-state index in [4.69, 9.17) is 14.2 Å². The number of carbonyl (C=O) groups excluding carboxylic acids is 2. The Morgan fingerprint density at radius 1 is 0.416 bits per heavy atom. The lowest BCUT2D eigenvalue weighted by Gasteiger charge is -2.40. The topological polar surface area (TPSA) is 175 Å². The largest absolute Gasteiger partial charge is 0.466 e. The summed E-state index contributed by atoms with van der Waals surface area (Å²) in [5, 5.41) is 54.4. The summed E-state index contributed by atoms with van der Waals surface area (Å²) in [6.07, 6.45) is 78.5. The van der Waals surface area contributed by atoms with Gasteiger partial charge in [0.25, 0.3) is 0 Å². The van der Waals surface area contributed by atoms with Crippen LogP contribution in [0.5, 0.6) is 0 Å². The van der Waals surface area contributed by atoms with Crippen LogP contribution in [0.4, 0.5) is 0 Å². The van der Waals surface area contributed by atoms with E-state index in [2.05, 4.69) is 55.6 Å². The first-order chi connectivity index (χ1) is 43.7. The van der Waals surface area contributed by atoms with Crippen LogP contribution in [0.3, 0.4) is 0 Å². The molecule has 89 heavy (non-hydrogen) atoms. The Kier molecular flexibility index (Phi) is 63.8. The van der Waals surface area contributed by atoms with Gasteiger partial charge in [-0.15, -0.1) is 0 Å².